The van der Waals surface area contributed by atoms with Crippen LogP contribution in [-0.2, 0) is 18.9 Å². The van der Waals surface area contributed by atoms with Crippen molar-refractivity contribution in [2.45, 2.75) is 18.3 Å². The van der Waals surface area contributed by atoms with Crippen LogP contribution in [-0.4, -0.2) is 21.5 Å². The van der Waals surface area contributed by atoms with Gasteiger partial charge in [-0.1, -0.05) is 34.1 Å². The Morgan fingerprint density at radius 2 is 1.95 bits per heavy atom. The van der Waals surface area contributed by atoms with E-state index in [0.29, 0.717) is 11.8 Å². The maximum atomic E-state index is 6.28. The van der Waals surface area contributed by atoms with Crippen LogP contribution < -0.4 is 0 Å². The highest BCUT2D eigenvalue weighted by molar-refractivity contribution is 9.10. The molecular weight excluding hydrogens is 359 g/mol. The molecule has 20 heavy (non-hydrogen) atoms. The third-order valence-corrected chi connectivity index (χ3v) is 5.32. The van der Waals surface area contributed by atoms with E-state index in [2.05, 4.69) is 27.1 Å². The summed E-state index contributed by atoms with van der Waals surface area (Å²) < 4.78 is 2.88. The highest BCUT2D eigenvalue weighted by atomic mass is 79.9. The lowest BCUT2D eigenvalue weighted by atomic mass is 9.79. The summed E-state index contributed by atoms with van der Waals surface area (Å²) in [6, 6.07) is 8.16. The number of aromatic nitrogens is 2. The molecule has 0 saturated carbocycles. The molecule has 2 nitrogen and oxygen atoms in total. The predicted octanol–water partition coefficient (Wildman–Crippen LogP) is 4.53. The normalized spacial score (nSPS) is 11.8. The van der Waals surface area contributed by atoms with Crippen molar-refractivity contribution in [2.24, 2.45) is 7.05 Å². The largest absolute Gasteiger partial charge is 0.276 e. The van der Waals surface area contributed by atoms with Gasteiger partial charge < -0.3 is 0 Å². The zero-order valence-electron chi connectivity index (χ0n) is 11.3. The molecule has 2 rings (SSSR count). The van der Waals surface area contributed by atoms with Crippen LogP contribution in [0, 0.1) is 0 Å². The summed E-state index contributed by atoms with van der Waals surface area (Å²) in [5, 5.41) is 4.20. The molecule has 0 saturated heterocycles. The first-order valence-corrected chi connectivity index (χ1v) is 8.32. The maximum Gasteiger partial charge on any atom is 0.0521 e. The van der Waals surface area contributed by atoms with Gasteiger partial charge in [-0.15, -0.1) is 23.2 Å². The van der Waals surface area contributed by atoms with Gasteiger partial charge in [-0.25, -0.2) is 0 Å². The van der Waals surface area contributed by atoms with E-state index in [4.69, 9.17) is 23.2 Å². The zero-order valence-corrected chi connectivity index (χ0v) is 14.4. The molecule has 0 aliphatic carbocycles. The van der Waals surface area contributed by atoms with Crippen LogP contribution >= 0.6 is 39.1 Å². The Bertz CT molecular complexity index is 565. The van der Waals surface area contributed by atoms with Gasteiger partial charge in [-0.2, -0.15) is 5.10 Å². The summed E-state index contributed by atoms with van der Waals surface area (Å²) in [5.74, 6) is 0.999. The number of rotatable bonds is 6. The lowest BCUT2D eigenvalue weighted by molar-refractivity contribution is 0.490. The summed E-state index contributed by atoms with van der Waals surface area (Å²) in [7, 11) is 1.92. The minimum absolute atomic E-state index is 0.223. The Balaban J connectivity index is 2.23. The van der Waals surface area contributed by atoms with Crippen molar-refractivity contribution >= 4 is 39.1 Å². The summed E-state index contributed by atoms with van der Waals surface area (Å²) in [6.07, 6.45) is 5.74. The summed E-state index contributed by atoms with van der Waals surface area (Å²) >= 11 is 16.2. The molecule has 1 aromatic carbocycles. The van der Waals surface area contributed by atoms with E-state index in [-0.39, 0.29) is 5.41 Å². The van der Waals surface area contributed by atoms with Gasteiger partial charge in [0.05, 0.1) is 6.20 Å². The molecule has 1 aromatic heterocycles. The number of alkyl halides is 2. The minimum atomic E-state index is -0.223. The molecule has 108 valence electrons. The fourth-order valence-corrected chi connectivity index (χ4v) is 3.87. The van der Waals surface area contributed by atoms with Crippen molar-refractivity contribution in [2.75, 3.05) is 11.8 Å². The molecule has 0 N–H and O–H groups in total. The minimum Gasteiger partial charge on any atom is -0.276 e. The molecule has 0 aliphatic heterocycles. The Hall–Kier alpha value is -0.510. The molecule has 0 bridgehead atoms. The molecular formula is C15H17BrCl2N2. The van der Waals surface area contributed by atoms with Gasteiger partial charge in [0.1, 0.15) is 0 Å². The number of hydrogen-bond donors (Lipinski definition) is 0. The lowest BCUT2D eigenvalue weighted by Gasteiger charge is -2.31. The molecule has 0 spiro atoms. The number of benzene rings is 1. The Kier molecular flexibility index (Phi) is 5.53. The van der Waals surface area contributed by atoms with E-state index in [1.807, 2.05) is 42.3 Å². The summed E-state index contributed by atoms with van der Waals surface area (Å²) in [4.78, 5) is 0. The first kappa shape index (κ1) is 15.9. The van der Waals surface area contributed by atoms with Crippen LogP contribution in [0.25, 0.3) is 0 Å². The van der Waals surface area contributed by atoms with Crippen molar-refractivity contribution in [3.8, 4) is 0 Å². The number of nitrogens with zero attached hydrogens (tertiary/aromatic N) is 2. The van der Waals surface area contributed by atoms with Crippen molar-refractivity contribution < 1.29 is 0 Å². The van der Waals surface area contributed by atoms with E-state index < -0.39 is 0 Å². The summed E-state index contributed by atoms with van der Waals surface area (Å²) in [6.45, 7) is 0. The Morgan fingerprint density at radius 1 is 1.25 bits per heavy atom. The van der Waals surface area contributed by atoms with E-state index in [1.54, 1.807) is 0 Å². The fourth-order valence-electron chi connectivity index (χ4n) is 2.32. The SMILES string of the molecule is Cn1cc(CCC(CCl)(CCl)c2ccccc2Br)cn1. The average molecular weight is 376 g/mol. The van der Waals surface area contributed by atoms with Crippen LogP contribution in [0.2, 0.25) is 0 Å². The number of hydrogen-bond acceptors (Lipinski definition) is 1. The zero-order chi connectivity index (χ0) is 14.6. The monoisotopic (exact) mass is 374 g/mol. The molecule has 2 aromatic rings. The first-order valence-electron chi connectivity index (χ1n) is 6.46. The van der Waals surface area contributed by atoms with Crippen LogP contribution in [0.5, 0.6) is 0 Å². The molecule has 0 unspecified atom stereocenters. The van der Waals surface area contributed by atoms with E-state index in [1.165, 1.54) is 11.1 Å². The second-order valence-corrected chi connectivity index (χ2v) is 6.44. The van der Waals surface area contributed by atoms with Crippen LogP contribution in [0.3, 0.4) is 0 Å². The average Bonchev–Trinajstić information content (AvgIpc) is 2.88. The van der Waals surface area contributed by atoms with Gasteiger partial charge in [0, 0.05) is 34.9 Å². The third kappa shape index (κ3) is 3.38. The smallest absolute Gasteiger partial charge is 0.0521 e. The van der Waals surface area contributed by atoms with Gasteiger partial charge in [-0.05, 0) is 30.0 Å². The van der Waals surface area contributed by atoms with Crippen LogP contribution in [0.1, 0.15) is 17.5 Å². The van der Waals surface area contributed by atoms with Gasteiger partial charge >= 0.3 is 0 Å². The first-order chi connectivity index (χ1) is 9.61. The fraction of sp³-hybridized carbons (Fsp3) is 0.400. The predicted molar refractivity (Wildman–Crippen MR) is 88.8 cm³/mol. The van der Waals surface area contributed by atoms with Gasteiger partial charge in [0.2, 0.25) is 0 Å². The molecule has 0 atom stereocenters. The highest BCUT2D eigenvalue weighted by Crippen LogP contribution is 2.36. The van der Waals surface area contributed by atoms with Gasteiger partial charge in [0.25, 0.3) is 0 Å². The number of halogens is 3. The number of aryl methyl sites for hydroxylation is 2. The van der Waals surface area contributed by atoms with Crippen molar-refractivity contribution in [3.63, 3.8) is 0 Å². The van der Waals surface area contributed by atoms with E-state index in [9.17, 15) is 0 Å². The molecule has 5 heteroatoms. The van der Waals surface area contributed by atoms with Crippen molar-refractivity contribution in [1.82, 2.24) is 9.78 Å². The molecule has 0 amide bonds. The molecule has 0 aliphatic rings. The second-order valence-electron chi connectivity index (χ2n) is 5.05. The van der Waals surface area contributed by atoms with Crippen LogP contribution in [0.15, 0.2) is 41.1 Å². The topological polar surface area (TPSA) is 17.8 Å². The van der Waals surface area contributed by atoms with Gasteiger partial charge in [0.15, 0.2) is 0 Å². The highest BCUT2D eigenvalue weighted by Gasteiger charge is 2.32. The molecule has 0 fully saturated rings. The second kappa shape index (κ2) is 6.97. The Labute approximate surface area is 138 Å². The van der Waals surface area contributed by atoms with E-state index >= 15 is 0 Å². The van der Waals surface area contributed by atoms with Crippen molar-refractivity contribution in [3.05, 3.63) is 52.3 Å². The van der Waals surface area contributed by atoms with Crippen LogP contribution in [0.4, 0.5) is 0 Å². The third-order valence-electron chi connectivity index (χ3n) is 3.61. The lowest BCUT2D eigenvalue weighted by Crippen LogP contribution is -2.31. The molecule has 0 radical (unpaired) electrons. The standard InChI is InChI=1S/C15H17BrCl2N2/c1-20-9-12(8-19-20)6-7-15(10-17,11-18)13-4-2-3-5-14(13)16/h2-5,8-9H,6-7,10-11H2,1H3. The van der Waals surface area contributed by atoms with E-state index in [0.717, 1.165) is 17.3 Å². The maximum absolute atomic E-state index is 6.28. The quantitative estimate of drug-likeness (QED) is 0.678. The van der Waals surface area contributed by atoms with Crippen molar-refractivity contribution in [1.29, 1.82) is 0 Å². The summed E-state index contributed by atoms with van der Waals surface area (Å²) in [5.41, 5.74) is 2.16. The molecule has 1 heterocycles. The van der Waals surface area contributed by atoms with Gasteiger partial charge in [-0.3, -0.25) is 4.68 Å². The Morgan fingerprint density at radius 3 is 2.50 bits per heavy atom.